The smallest absolute Gasteiger partial charge is 0.338 e. The van der Waals surface area contributed by atoms with Crippen LogP contribution in [0.15, 0.2) is 85.2 Å². The van der Waals surface area contributed by atoms with Crippen molar-refractivity contribution in [2.24, 2.45) is 0 Å². The van der Waals surface area contributed by atoms with Gasteiger partial charge in [-0.15, -0.1) is 0 Å². The predicted molar refractivity (Wildman–Crippen MR) is 105 cm³/mol. The van der Waals surface area contributed by atoms with Gasteiger partial charge >= 0.3 is 5.97 Å². The summed E-state index contributed by atoms with van der Waals surface area (Å²) in [7, 11) is 0. The van der Waals surface area contributed by atoms with E-state index in [1.165, 1.54) is 0 Å². The van der Waals surface area contributed by atoms with Gasteiger partial charge in [-0.25, -0.2) is 14.8 Å². The summed E-state index contributed by atoms with van der Waals surface area (Å²) in [4.78, 5) is 20.7. The standard InChI is InChI=1S/C22H17N3O2/c26-21(17-8-2-1-3-9-17)27-15-6-11-19-16-18-10-4-5-12-20(18)25(19)22-23-13-7-14-24-22/h1-14,16H,15H2/b11-6+. The molecule has 0 spiro atoms. The van der Waals surface area contributed by atoms with E-state index in [1.54, 1.807) is 30.6 Å². The Labute approximate surface area is 156 Å². The summed E-state index contributed by atoms with van der Waals surface area (Å²) in [5.74, 6) is 0.256. The fraction of sp³-hybridized carbons (Fsp3) is 0.0455. The average molecular weight is 355 g/mol. The zero-order valence-electron chi connectivity index (χ0n) is 14.5. The SMILES string of the molecule is O=C(OC/C=C/c1cc2ccccc2n1-c1ncccn1)c1ccccc1. The molecular formula is C22H17N3O2. The number of benzene rings is 2. The Balaban J connectivity index is 1.57. The number of para-hydroxylation sites is 1. The Morgan fingerprint density at radius 2 is 1.70 bits per heavy atom. The lowest BCUT2D eigenvalue weighted by molar-refractivity contribution is 0.0550. The molecule has 2 heterocycles. The van der Waals surface area contributed by atoms with Gasteiger partial charge in [0.2, 0.25) is 5.95 Å². The third-order valence-corrected chi connectivity index (χ3v) is 4.10. The Kier molecular flexibility index (Phi) is 4.74. The van der Waals surface area contributed by atoms with Crippen LogP contribution in [0.2, 0.25) is 0 Å². The molecule has 0 N–H and O–H groups in total. The van der Waals surface area contributed by atoms with E-state index in [0.29, 0.717) is 11.5 Å². The average Bonchev–Trinajstić information content (AvgIpc) is 3.10. The number of carbonyl (C=O) groups excluding carboxylic acids is 1. The first kappa shape index (κ1) is 16.7. The van der Waals surface area contributed by atoms with Crippen molar-refractivity contribution in [3.05, 3.63) is 96.5 Å². The summed E-state index contributed by atoms with van der Waals surface area (Å²) in [5, 5.41) is 1.09. The molecule has 5 nitrogen and oxygen atoms in total. The molecule has 2 aromatic heterocycles. The number of fused-ring (bicyclic) bond motifs is 1. The molecule has 4 rings (SSSR count). The Morgan fingerprint density at radius 3 is 2.52 bits per heavy atom. The molecule has 2 aromatic carbocycles. The molecule has 0 saturated carbocycles. The van der Waals surface area contributed by atoms with E-state index >= 15 is 0 Å². The molecule has 0 fully saturated rings. The number of aromatic nitrogens is 3. The lowest BCUT2D eigenvalue weighted by Crippen LogP contribution is -2.05. The fourth-order valence-electron chi connectivity index (χ4n) is 2.88. The van der Waals surface area contributed by atoms with Crippen LogP contribution in [0.4, 0.5) is 0 Å². The first-order chi connectivity index (χ1) is 13.3. The lowest BCUT2D eigenvalue weighted by atomic mass is 10.2. The third kappa shape index (κ3) is 3.62. The van der Waals surface area contributed by atoms with Crippen molar-refractivity contribution in [3.8, 4) is 5.95 Å². The topological polar surface area (TPSA) is 57.0 Å². The molecule has 4 aromatic rings. The van der Waals surface area contributed by atoms with Crippen LogP contribution >= 0.6 is 0 Å². The first-order valence-corrected chi connectivity index (χ1v) is 8.59. The summed E-state index contributed by atoms with van der Waals surface area (Å²) < 4.78 is 7.28. The van der Waals surface area contributed by atoms with Gasteiger partial charge in [0.05, 0.1) is 11.1 Å². The minimum atomic E-state index is -0.341. The molecule has 5 heteroatoms. The largest absolute Gasteiger partial charge is 0.458 e. The quantitative estimate of drug-likeness (QED) is 0.501. The van der Waals surface area contributed by atoms with E-state index in [1.807, 2.05) is 59.2 Å². The number of hydrogen-bond acceptors (Lipinski definition) is 4. The van der Waals surface area contributed by atoms with Crippen molar-refractivity contribution in [2.75, 3.05) is 6.61 Å². The van der Waals surface area contributed by atoms with Gasteiger partial charge in [-0.3, -0.25) is 4.57 Å². The van der Waals surface area contributed by atoms with Crippen LogP contribution in [-0.2, 0) is 4.74 Å². The van der Waals surface area contributed by atoms with Crippen LogP contribution in [-0.4, -0.2) is 27.1 Å². The van der Waals surface area contributed by atoms with Crippen molar-refractivity contribution in [1.29, 1.82) is 0 Å². The van der Waals surface area contributed by atoms with Gasteiger partial charge < -0.3 is 4.74 Å². The monoisotopic (exact) mass is 355 g/mol. The van der Waals surface area contributed by atoms with Gasteiger partial charge in [-0.2, -0.15) is 0 Å². The van der Waals surface area contributed by atoms with Crippen LogP contribution in [0.25, 0.3) is 22.9 Å². The molecule has 0 aliphatic rings. The van der Waals surface area contributed by atoms with Crippen LogP contribution in [0.5, 0.6) is 0 Å². The molecule has 0 amide bonds. The maximum Gasteiger partial charge on any atom is 0.338 e. The van der Waals surface area contributed by atoms with Crippen molar-refractivity contribution in [1.82, 2.24) is 14.5 Å². The molecule has 0 saturated heterocycles. The molecular weight excluding hydrogens is 338 g/mol. The van der Waals surface area contributed by atoms with Crippen LogP contribution in [0, 0.1) is 0 Å². The Hall–Kier alpha value is -3.73. The second-order valence-corrected chi connectivity index (χ2v) is 5.88. The minimum absolute atomic E-state index is 0.185. The number of carbonyl (C=O) groups is 1. The van der Waals surface area contributed by atoms with E-state index in [9.17, 15) is 4.79 Å². The first-order valence-electron chi connectivity index (χ1n) is 8.59. The highest BCUT2D eigenvalue weighted by Gasteiger charge is 2.10. The van der Waals surface area contributed by atoms with Gasteiger partial charge in [0.25, 0.3) is 0 Å². The van der Waals surface area contributed by atoms with Crippen molar-refractivity contribution < 1.29 is 9.53 Å². The molecule has 0 radical (unpaired) electrons. The van der Waals surface area contributed by atoms with Gasteiger partial charge in [-0.1, -0.05) is 36.4 Å². The van der Waals surface area contributed by atoms with Crippen molar-refractivity contribution in [2.45, 2.75) is 0 Å². The van der Waals surface area contributed by atoms with Gasteiger partial charge in [0.15, 0.2) is 0 Å². The van der Waals surface area contributed by atoms with Crippen LogP contribution < -0.4 is 0 Å². The highest BCUT2D eigenvalue weighted by atomic mass is 16.5. The van der Waals surface area contributed by atoms with E-state index < -0.39 is 0 Å². The molecule has 0 aliphatic heterocycles. The number of hydrogen-bond donors (Lipinski definition) is 0. The Bertz CT molecular complexity index is 1090. The second-order valence-electron chi connectivity index (χ2n) is 5.88. The third-order valence-electron chi connectivity index (χ3n) is 4.10. The number of ether oxygens (including phenoxy) is 1. The number of esters is 1. The van der Waals surface area contributed by atoms with Crippen molar-refractivity contribution in [3.63, 3.8) is 0 Å². The van der Waals surface area contributed by atoms with Crippen LogP contribution in [0.3, 0.4) is 0 Å². The Morgan fingerprint density at radius 1 is 0.963 bits per heavy atom. The molecule has 27 heavy (non-hydrogen) atoms. The summed E-state index contributed by atoms with van der Waals surface area (Å²) in [6, 6.07) is 20.8. The van der Waals surface area contributed by atoms with Crippen molar-refractivity contribution >= 4 is 22.9 Å². The van der Waals surface area contributed by atoms with Gasteiger partial charge in [0, 0.05) is 23.5 Å². The molecule has 0 atom stereocenters. The molecule has 132 valence electrons. The summed E-state index contributed by atoms with van der Waals surface area (Å²) in [6.07, 6.45) is 7.15. The predicted octanol–water partition coefficient (Wildman–Crippen LogP) is 4.29. The fourth-order valence-corrected chi connectivity index (χ4v) is 2.88. The van der Waals surface area contributed by atoms with E-state index in [0.717, 1.165) is 16.6 Å². The van der Waals surface area contributed by atoms with Gasteiger partial charge in [0.1, 0.15) is 6.61 Å². The summed E-state index contributed by atoms with van der Waals surface area (Å²) in [5.41, 5.74) is 2.47. The highest BCUT2D eigenvalue weighted by molar-refractivity contribution is 5.89. The molecule has 0 unspecified atom stereocenters. The zero-order valence-corrected chi connectivity index (χ0v) is 14.5. The number of nitrogens with zero attached hydrogens (tertiary/aromatic N) is 3. The normalized spacial score (nSPS) is 11.1. The van der Waals surface area contributed by atoms with E-state index in [4.69, 9.17) is 4.74 Å². The zero-order chi connectivity index (χ0) is 18.5. The summed E-state index contributed by atoms with van der Waals surface area (Å²) in [6.45, 7) is 0.185. The maximum absolute atomic E-state index is 12.0. The second kappa shape index (κ2) is 7.66. The number of rotatable bonds is 5. The highest BCUT2D eigenvalue weighted by Crippen LogP contribution is 2.23. The molecule has 0 bridgehead atoms. The minimum Gasteiger partial charge on any atom is -0.458 e. The lowest BCUT2D eigenvalue weighted by Gasteiger charge is -2.06. The summed E-state index contributed by atoms with van der Waals surface area (Å²) >= 11 is 0. The van der Waals surface area contributed by atoms with Gasteiger partial charge in [-0.05, 0) is 42.5 Å². The van der Waals surface area contributed by atoms with E-state index in [2.05, 4.69) is 16.0 Å². The maximum atomic E-state index is 12.0. The van der Waals surface area contributed by atoms with E-state index in [-0.39, 0.29) is 12.6 Å². The molecule has 0 aliphatic carbocycles. The van der Waals surface area contributed by atoms with Crippen LogP contribution in [0.1, 0.15) is 16.1 Å².